The number of hydrogen-bond donors (Lipinski definition) is 0. The smallest absolute Gasteiger partial charge is 0.0782 e. The van der Waals surface area contributed by atoms with Crippen LogP contribution in [0.1, 0.15) is 12.8 Å². The second-order valence-electron chi connectivity index (χ2n) is 3.41. The Hall–Kier alpha value is 0.0800. The standard InChI is InChI=1S/C10H10BrCl2N/c11-8-5-7(12)6-9(10(8)13)14-3-1-2-4-14/h5-6H,1-4H2. The van der Waals surface area contributed by atoms with Crippen LogP contribution in [-0.4, -0.2) is 13.1 Å². The van der Waals surface area contributed by atoms with Crippen LogP contribution in [0, 0.1) is 0 Å². The number of benzene rings is 1. The van der Waals surface area contributed by atoms with Gasteiger partial charge in [0.05, 0.1) is 10.7 Å². The fourth-order valence-corrected chi connectivity index (χ4v) is 2.75. The average molecular weight is 295 g/mol. The first-order valence-corrected chi connectivity index (χ1v) is 6.13. The molecule has 0 bridgehead atoms. The lowest BCUT2D eigenvalue weighted by atomic mass is 10.3. The summed E-state index contributed by atoms with van der Waals surface area (Å²) in [5.74, 6) is 0. The topological polar surface area (TPSA) is 3.24 Å². The molecular weight excluding hydrogens is 285 g/mol. The molecule has 0 N–H and O–H groups in total. The minimum Gasteiger partial charge on any atom is -0.370 e. The van der Waals surface area contributed by atoms with Gasteiger partial charge in [0.25, 0.3) is 0 Å². The molecule has 0 unspecified atom stereocenters. The Bertz CT molecular complexity index is 348. The molecule has 1 saturated heterocycles. The third kappa shape index (κ3) is 2.02. The molecule has 14 heavy (non-hydrogen) atoms. The zero-order valence-corrected chi connectivity index (χ0v) is 10.7. The van der Waals surface area contributed by atoms with Crippen molar-refractivity contribution < 1.29 is 0 Å². The average Bonchev–Trinajstić information content (AvgIpc) is 2.63. The fraction of sp³-hybridized carbons (Fsp3) is 0.400. The first-order chi connectivity index (χ1) is 6.68. The predicted molar refractivity (Wildman–Crippen MR) is 65.6 cm³/mol. The molecule has 2 rings (SSSR count). The van der Waals surface area contributed by atoms with E-state index in [-0.39, 0.29) is 0 Å². The molecule has 0 radical (unpaired) electrons. The van der Waals surface area contributed by atoms with E-state index in [4.69, 9.17) is 23.2 Å². The van der Waals surface area contributed by atoms with Crippen molar-refractivity contribution in [2.24, 2.45) is 0 Å². The van der Waals surface area contributed by atoms with E-state index >= 15 is 0 Å². The normalized spacial score (nSPS) is 16.4. The minimum atomic E-state index is 0.725. The summed E-state index contributed by atoms with van der Waals surface area (Å²) in [7, 11) is 0. The first-order valence-electron chi connectivity index (χ1n) is 4.58. The Morgan fingerprint density at radius 3 is 2.43 bits per heavy atom. The van der Waals surface area contributed by atoms with Crippen LogP contribution < -0.4 is 4.90 Å². The Morgan fingerprint density at radius 2 is 1.79 bits per heavy atom. The van der Waals surface area contributed by atoms with E-state index in [0.717, 1.165) is 33.3 Å². The van der Waals surface area contributed by atoms with Crippen molar-refractivity contribution in [3.05, 3.63) is 26.7 Å². The van der Waals surface area contributed by atoms with E-state index in [0.29, 0.717) is 0 Å². The van der Waals surface area contributed by atoms with Crippen molar-refractivity contribution in [2.45, 2.75) is 12.8 Å². The van der Waals surface area contributed by atoms with Gasteiger partial charge in [0, 0.05) is 22.6 Å². The molecule has 0 amide bonds. The second kappa shape index (κ2) is 4.30. The summed E-state index contributed by atoms with van der Waals surface area (Å²) < 4.78 is 0.869. The van der Waals surface area contributed by atoms with Crippen LogP contribution in [-0.2, 0) is 0 Å². The number of rotatable bonds is 1. The molecule has 4 heteroatoms. The predicted octanol–water partition coefficient (Wildman–Crippen LogP) is 4.36. The van der Waals surface area contributed by atoms with Gasteiger partial charge < -0.3 is 4.90 Å². The molecule has 0 saturated carbocycles. The van der Waals surface area contributed by atoms with E-state index in [1.807, 2.05) is 12.1 Å². The van der Waals surface area contributed by atoms with Crippen LogP contribution in [0.25, 0.3) is 0 Å². The SMILES string of the molecule is Clc1cc(Br)c(Cl)c(N2CCCC2)c1. The van der Waals surface area contributed by atoms with E-state index in [9.17, 15) is 0 Å². The maximum absolute atomic E-state index is 6.20. The van der Waals surface area contributed by atoms with Crippen molar-refractivity contribution in [3.8, 4) is 0 Å². The van der Waals surface area contributed by atoms with Gasteiger partial charge in [-0.15, -0.1) is 0 Å². The number of anilines is 1. The van der Waals surface area contributed by atoms with Crippen molar-refractivity contribution in [1.29, 1.82) is 0 Å². The number of nitrogens with zero attached hydrogens (tertiary/aromatic N) is 1. The molecule has 1 heterocycles. The van der Waals surface area contributed by atoms with Crippen molar-refractivity contribution in [3.63, 3.8) is 0 Å². The molecule has 0 aromatic heterocycles. The van der Waals surface area contributed by atoms with E-state index in [2.05, 4.69) is 20.8 Å². The van der Waals surface area contributed by atoms with Crippen molar-refractivity contribution >= 4 is 44.8 Å². The van der Waals surface area contributed by atoms with E-state index in [1.165, 1.54) is 12.8 Å². The Balaban J connectivity index is 2.40. The van der Waals surface area contributed by atoms with E-state index in [1.54, 1.807) is 0 Å². The highest BCUT2D eigenvalue weighted by Gasteiger charge is 2.17. The van der Waals surface area contributed by atoms with Gasteiger partial charge in [-0.3, -0.25) is 0 Å². The Kier molecular flexibility index (Phi) is 3.25. The molecule has 1 fully saturated rings. The monoisotopic (exact) mass is 293 g/mol. The summed E-state index contributed by atoms with van der Waals surface area (Å²) >= 11 is 15.6. The molecule has 1 aromatic rings. The summed E-state index contributed by atoms with van der Waals surface area (Å²) in [5, 5.41) is 1.49. The van der Waals surface area contributed by atoms with Crippen LogP contribution in [0.5, 0.6) is 0 Å². The van der Waals surface area contributed by atoms with Gasteiger partial charge in [0.2, 0.25) is 0 Å². The van der Waals surface area contributed by atoms with Gasteiger partial charge in [0.1, 0.15) is 0 Å². The summed E-state index contributed by atoms with van der Waals surface area (Å²) in [6.45, 7) is 2.15. The van der Waals surface area contributed by atoms with Crippen LogP contribution >= 0.6 is 39.1 Å². The fourth-order valence-electron chi connectivity index (χ4n) is 1.73. The van der Waals surface area contributed by atoms with Crippen molar-refractivity contribution in [1.82, 2.24) is 0 Å². The van der Waals surface area contributed by atoms with Gasteiger partial charge in [-0.1, -0.05) is 23.2 Å². The highest BCUT2D eigenvalue weighted by molar-refractivity contribution is 9.10. The third-order valence-electron chi connectivity index (χ3n) is 2.42. The molecular formula is C10H10BrCl2N. The second-order valence-corrected chi connectivity index (χ2v) is 5.08. The molecule has 1 aromatic carbocycles. The van der Waals surface area contributed by atoms with Crippen LogP contribution in [0.3, 0.4) is 0 Å². The maximum atomic E-state index is 6.20. The molecule has 0 atom stereocenters. The highest BCUT2D eigenvalue weighted by Crippen LogP contribution is 2.37. The Morgan fingerprint density at radius 1 is 1.14 bits per heavy atom. The molecule has 1 aliphatic heterocycles. The summed E-state index contributed by atoms with van der Waals surface area (Å²) in [4.78, 5) is 2.28. The van der Waals surface area contributed by atoms with Crippen LogP contribution in [0.15, 0.2) is 16.6 Å². The third-order valence-corrected chi connectivity index (χ3v) is 3.89. The summed E-state index contributed by atoms with van der Waals surface area (Å²) in [6, 6.07) is 3.75. The molecule has 76 valence electrons. The molecule has 1 nitrogen and oxygen atoms in total. The zero-order chi connectivity index (χ0) is 10.1. The summed E-state index contributed by atoms with van der Waals surface area (Å²) in [6.07, 6.45) is 2.47. The molecule has 0 aliphatic carbocycles. The number of hydrogen-bond acceptors (Lipinski definition) is 1. The summed E-state index contributed by atoms with van der Waals surface area (Å²) in [5.41, 5.74) is 1.04. The van der Waals surface area contributed by atoms with Gasteiger partial charge in [-0.05, 0) is 40.9 Å². The lowest BCUT2D eigenvalue weighted by Crippen LogP contribution is -2.18. The van der Waals surface area contributed by atoms with Crippen molar-refractivity contribution in [2.75, 3.05) is 18.0 Å². The quantitative estimate of drug-likeness (QED) is 0.696. The van der Waals surface area contributed by atoms with Gasteiger partial charge in [0.15, 0.2) is 0 Å². The van der Waals surface area contributed by atoms with Gasteiger partial charge in [-0.2, -0.15) is 0 Å². The van der Waals surface area contributed by atoms with Crippen LogP contribution in [0.2, 0.25) is 10.0 Å². The maximum Gasteiger partial charge on any atom is 0.0782 e. The molecule has 0 spiro atoms. The minimum absolute atomic E-state index is 0.725. The lowest BCUT2D eigenvalue weighted by molar-refractivity contribution is 0.949. The van der Waals surface area contributed by atoms with E-state index < -0.39 is 0 Å². The highest BCUT2D eigenvalue weighted by atomic mass is 79.9. The zero-order valence-electron chi connectivity index (χ0n) is 7.56. The van der Waals surface area contributed by atoms with Gasteiger partial charge in [-0.25, -0.2) is 0 Å². The number of halogens is 3. The van der Waals surface area contributed by atoms with Crippen LogP contribution in [0.4, 0.5) is 5.69 Å². The Labute approximate surface area is 102 Å². The molecule has 1 aliphatic rings. The first kappa shape index (κ1) is 10.6. The van der Waals surface area contributed by atoms with Gasteiger partial charge >= 0.3 is 0 Å². The largest absolute Gasteiger partial charge is 0.370 e. The lowest BCUT2D eigenvalue weighted by Gasteiger charge is -2.19.